The van der Waals surface area contributed by atoms with Gasteiger partial charge >= 0.3 is 0 Å². The molecule has 2 aromatic rings. The Hall–Kier alpha value is -1.95. The highest BCUT2D eigenvalue weighted by Gasteiger charge is 2.27. The van der Waals surface area contributed by atoms with Crippen molar-refractivity contribution in [2.75, 3.05) is 23.3 Å². The summed E-state index contributed by atoms with van der Waals surface area (Å²) in [7, 11) is 0. The Bertz CT molecular complexity index is 689. The molecule has 1 aliphatic heterocycles. The van der Waals surface area contributed by atoms with Gasteiger partial charge in [-0.2, -0.15) is 5.10 Å². The van der Waals surface area contributed by atoms with Gasteiger partial charge in [0.25, 0.3) is 0 Å². The van der Waals surface area contributed by atoms with Crippen molar-refractivity contribution in [3.8, 4) is 0 Å². The highest BCUT2D eigenvalue weighted by atomic mass is 79.9. The van der Waals surface area contributed by atoms with E-state index in [1.807, 2.05) is 43.3 Å². The first-order valence-corrected chi connectivity index (χ1v) is 8.53. The molecule has 1 aromatic heterocycles. The molecule has 0 bridgehead atoms. The Balaban J connectivity index is 1.67. The molecular formula is C17H19BrN4O. The number of amides is 1. The molecule has 120 valence electrons. The highest BCUT2D eigenvalue weighted by molar-refractivity contribution is 9.10. The van der Waals surface area contributed by atoms with Crippen LogP contribution in [0.3, 0.4) is 0 Å². The van der Waals surface area contributed by atoms with E-state index < -0.39 is 0 Å². The second-order valence-electron chi connectivity index (χ2n) is 5.79. The monoisotopic (exact) mass is 374 g/mol. The molecular weight excluding hydrogens is 356 g/mol. The number of rotatable bonds is 3. The maximum absolute atomic E-state index is 12.6. The van der Waals surface area contributed by atoms with Gasteiger partial charge in [0, 0.05) is 17.6 Å². The van der Waals surface area contributed by atoms with Crippen molar-refractivity contribution in [2.24, 2.45) is 5.92 Å². The molecule has 23 heavy (non-hydrogen) atoms. The first kappa shape index (κ1) is 15.9. The Morgan fingerprint density at radius 1 is 1.26 bits per heavy atom. The lowest BCUT2D eigenvalue weighted by Gasteiger charge is -2.32. The van der Waals surface area contributed by atoms with Gasteiger partial charge in [-0.25, -0.2) is 0 Å². The molecule has 5 nitrogen and oxygen atoms in total. The third-order valence-electron chi connectivity index (χ3n) is 4.03. The Morgan fingerprint density at radius 2 is 2.09 bits per heavy atom. The topological polar surface area (TPSA) is 58.1 Å². The Morgan fingerprint density at radius 3 is 2.83 bits per heavy atom. The number of hydrogen-bond acceptors (Lipinski definition) is 4. The van der Waals surface area contributed by atoms with Crippen molar-refractivity contribution in [3.63, 3.8) is 0 Å². The van der Waals surface area contributed by atoms with Crippen molar-refractivity contribution >= 4 is 33.3 Å². The van der Waals surface area contributed by atoms with Gasteiger partial charge in [0.15, 0.2) is 5.82 Å². The number of piperidine rings is 1. The van der Waals surface area contributed by atoms with Crippen LogP contribution in [0.15, 0.2) is 40.9 Å². The minimum Gasteiger partial charge on any atom is -0.354 e. The number of anilines is 2. The fraction of sp³-hybridized carbons (Fsp3) is 0.353. The summed E-state index contributed by atoms with van der Waals surface area (Å²) in [4.78, 5) is 14.7. The predicted molar refractivity (Wildman–Crippen MR) is 94.5 cm³/mol. The lowest BCUT2D eigenvalue weighted by Crippen LogP contribution is -2.41. The standard InChI is InChI=1S/C17H19BrN4O/c1-12-8-9-16(21-20-12)22-10-4-5-13(11-22)17(23)19-15-7-3-2-6-14(15)18/h2-3,6-9,13H,4-5,10-11H2,1H3,(H,19,23)/t13-/m0/s1. The van der Waals surface area contributed by atoms with Crippen molar-refractivity contribution in [1.82, 2.24) is 10.2 Å². The fourth-order valence-corrected chi connectivity index (χ4v) is 3.14. The van der Waals surface area contributed by atoms with Crippen molar-refractivity contribution < 1.29 is 4.79 Å². The molecule has 1 fully saturated rings. The van der Waals surface area contributed by atoms with Crippen LogP contribution < -0.4 is 10.2 Å². The lowest BCUT2D eigenvalue weighted by atomic mass is 9.97. The van der Waals surface area contributed by atoms with E-state index in [4.69, 9.17) is 0 Å². The Labute approximate surface area is 144 Å². The SMILES string of the molecule is Cc1ccc(N2CCC[C@H](C(=O)Nc3ccccc3Br)C2)nn1. The summed E-state index contributed by atoms with van der Waals surface area (Å²) in [5.74, 6) is 0.856. The van der Waals surface area contributed by atoms with Crippen LogP contribution in [0.4, 0.5) is 11.5 Å². The summed E-state index contributed by atoms with van der Waals surface area (Å²) in [6, 6.07) is 11.6. The maximum atomic E-state index is 12.6. The summed E-state index contributed by atoms with van der Waals surface area (Å²) in [5.41, 5.74) is 1.71. The van der Waals surface area contributed by atoms with Crippen LogP contribution in [-0.2, 0) is 4.79 Å². The van der Waals surface area contributed by atoms with Crippen LogP contribution in [0.1, 0.15) is 18.5 Å². The Kier molecular flexibility index (Phi) is 4.91. The van der Waals surface area contributed by atoms with E-state index in [2.05, 4.69) is 36.3 Å². The molecule has 0 aliphatic carbocycles. The number of halogens is 1. The number of carbonyl (C=O) groups excluding carboxylic acids is 1. The van der Waals surface area contributed by atoms with E-state index >= 15 is 0 Å². The van der Waals surface area contributed by atoms with Gasteiger partial charge < -0.3 is 10.2 Å². The first-order chi connectivity index (χ1) is 11.1. The average molecular weight is 375 g/mol. The average Bonchev–Trinajstić information content (AvgIpc) is 2.58. The zero-order chi connectivity index (χ0) is 16.2. The molecule has 1 N–H and O–H groups in total. The van der Waals surface area contributed by atoms with E-state index in [0.717, 1.165) is 41.1 Å². The number of aromatic nitrogens is 2. The lowest BCUT2D eigenvalue weighted by molar-refractivity contribution is -0.120. The number of nitrogens with zero attached hydrogens (tertiary/aromatic N) is 3. The van der Waals surface area contributed by atoms with Crippen LogP contribution in [0.2, 0.25) is 0 Å². The molecule has 0 radical (unpaired) electrons. The number of nitrogens with one attached hydrogen (secondary N) is 1. The van der Waals surface area contributed by atoms with Crippen molar-refractivity contribution in [3.05, 3.63) is 46.6 Å². The molecule has 1 atom stereocenters. The van der Waals surface area contributed by atoms with Gasteiger partial charge in [-0.1, -0.05) is 12.1 Å². The fourth-order valence-electron chi connectivity index (χ4n) is 2.76. The summed E-state index contributed by atoms with van der Waals surface area (Å²) < 4.78 is 0.894. The van der Waals surface area contributed by atoms with Crippen LogP contribution >= 0.6 is 15.9 Å². The van der Waals surface area contributed by atoms with E-state index in [-0.39, 0.29) is 11.8 Å². The molecule has 1 saturated heterocycles. The number of hydrogen-bond donors (Lipinski definition) is 1. The maximum Gasteiger partial charge on any atom is 0.229 e. The molecule has 0 unspecified atom stereocenters. The summed E-state index contributed by atoms with van der Waals surface area (Å²) in [5, 5.41) is 11.3. The number of aryl methyl sites for hydroxylation is 1. The smallest absolute Gasteiger partial charge is 0.229 e. The van der Waals surface area contributed by atoms with Crippen LogP contribution in [0, 0.1) is 12.8 Å². The molecule has 1 amide bonds. The molecule has 0 saturated carbocycles. The van der Waals surface area contributed by atoms with Gasteiger partial charge in [0.05, 0.1) is 17.3 Å². The zero-order valence-corrected chi connectivity index (χ0v) is 14.6. The van der Waals surface area contributed by atoms with Crippen LogP contribution in [0.5, 0.6) is 0 Å². The van der Waals surface area contributed by atoms with Gasteiger partial charge in [-0.15, -0.1) is 5.10 Å². The minimum atomic E-state index is -0.0426. The van der Waals surface area contributed by atoms with E-state index in [0.29, 0.717) is 6.54 Å². The number of carbonyl (C=O) groups is 1. The third kappa shape index (κ3) is 3.88. The van der Waals surface area contributed by atoms with Crippen LogP contribution in [-0.4, -0.2) is 29.2 Å². The normalized spacial score (nSPS) is 17.8. The number of benzene rings is 1. The van der Waals surface area contributed by atoms with E-state index in [1.54, 1.807) is 0 Å². The molecule has 1 aliphatic rings. The summed E-state index contributed by atoms with van der Waals surface area (Å²) in [6.07, 6.45) is 1.87. The van der Waals surface area contributed by atoms with Crippen molar-refractivity contribution in [1.29, 1.82) is 0 Å². The van der Waals surface area contributed by atoms with E-state index in [1.165, 1.54) is 0 Å². The van der Waals surface area contributed by atoms with Crippen LogP contribution in [0.25, 0.3) is 0 Å². The van der Waals surface area contributed by atoms with Crippen molar-refractivity contribution in [2.45, 2.75) is 19.8 Å². The predicted octanol–water partition coefficient (Wildman–Crippen LogP) is 3.40. The molecule has 1 aromatic carbocycles. The second-order valence-corrected chi connectivity index (χ2v) is 6.64. The molecule has 3 rings (SSSR count). The molecule has 0 spiro atoms. The van der Waals surface area contributed by atoms with E-state index in [9.17, 15) is 4.79 Å². The first-order valence-electron chi connectivity index (χ1n) is 7.74. The highest BCUT2D eigenvalue weighted by Crippen LogP contribution is 2.25. The molecule has 2 heterocycles. The van der Waals surface area contributed by atoms with Gasteiger partial charge in [-0.3, -0.25) is 4.79 Å². The van der Waals surface area contributed by atoms with Gasteiger partial charge in [-0.05, 0) is 60.0 Å². The molecule has 6 heteroatoms. The second kappa shape index (κ2) is 7.08. The zero-order valence-electron chi connectivity index (χ0n) is 13.0. The quantitative estimate of drug-likeness (QED) is 0.894. The van der Waals surface area contributed by atoms with Gasteiger partial charge in [0.2, 0.25) is 5.91 Å². The third-order valence-corrected chi connectivity index (χ3v) is 4.72. The summed E-state index contributed by atoms with van der Waals surface area (Å²) in [6.45, 7) is 3.51. The van der Waals surface area contributed by atoms with Gasteiger partial charge in [0.1, 0.15) is 0 Å². The summed E-state index contributed by atoms with van der Waals surface area (Å²) >= 11 is 3.46. The number of para-hydroxylation sites is 1. The minimum absolute atomic E-state index is 0.0426. The largest absolute Gasteiger partial charge is 0.354 e.